The molecular formula is C43H48ClN8O6S+. The van der Waals surface area contributed by atoms with Crippen LogP contribution in [0.2, 0.25) is 5.02 Å². The van der Waals surface area contributed by atoms with Crippen LogP contribution in [0.25, 0.3) is 11.0 Å². The largest absolute Gasteiger partial charge is 0.455 e. The highest BCUT2D eigenvalue weighted by molar-refractivity contribution is 7.83. The van der Waals surface area contributed by atoms with Crippen molar-refractivity contribution in [1.29, 1.82) is 0 Å². The Morgan fingerprint density at radius 3 is 2.59 bits per heavy atom. The van der Waals surface area contributed by atoms with Crippen LogP contribution in [-0.4, -0.2) is 95.3 Å². The Hall–Kier alpha value is -5.35. The number of anilines is 2. The van der Waals surface area contributed by atoms with Crippen molar-refractivity contribution in [2.45, 2.75) is 36.6 Å². The van der Waals surface area contributed by atoms with Crippen LogP contribution in [0.1, 0.15) is 47.6 Å². The number of piperidine rings is 1. The number of piperazine rings is 1. The number of aromatic nitrogens is 2. The molecule has 0 radical (unpaired) electrons. The third-order valence-electron chi connectivity index (χ3n) is 11.7. The Morgan fingerprint density at radius 1 is 1.02 bits per heavy atom. The predicted molar refractivity (Wildman–Crippen MR) is 227 cm³/mol. The zero-order chi connectivity index (χ0) is 40.9. The first-order chi connectivity index (χ1) is 28.7. The van der Waals surface area contributed by atoms with Gasteiger partial charge in [0.25, 0.3) is 11.6 Å². The molecule has 59 heavy (non-hydrogen) atoms. The molecule has 308 valence electrons. The number of likely N-dealkylation sites (tertiary alicyclic amines) is 1. The van der Waals surface area contributed by atoms with Crippen LogP contribution in [0.4, 0.5) is 17.1 Å². The summed E-state index contributed by atoms with van der Waals surface area (Å²) in [6, 6.07) is 21.7. The standard InChI is InChI=1S/C43H47ClN8O6S/c1-50-40(53)11-4-31(41(50)29-2-5-32(44)6-3-29)27-51-16-18-52(19-17-51)33-7-9-36(39(23-33)58-34-22-30-12-15-45-42(30)47-26-34)43(54)49-59(56)35-8-10-37(38(24-35)48-55)46-25-28-13-20-57-21-14-28/h2-3,5-10,12,15,22-24,26,28,31,41,46H,4,11,13-14,16-21,25,27H2,1H3,(H,45,47)(H,49,54)/p+1/t31-,41-,59?/m1/s1. The highest BCUT2D eigenvalue weighted by Gasteiger charge is 2.36. The minimum Gasteiger partial charge on any atom is -0.455 e. The number of nitrogens with zero attached hydrogens (tertiary/aromatic N) is 4. The molecule has 3 fully saturated rings. The van der Waals surface area contributed by atoms with E-state index in [0.717, 1.165) is 81.8 Å². The third-order valence-corrected chi connectivity index (χ3v) is 13.0. The van der Waals surface area contributed by atoms with Gasteiger partial charge in [-0.3, -0.25) is 19.2 Å². The summed E-state index contributed by atoms with van der Waals surface area (Å²) >= 11 is 6.19. The number of H-pyrrole nitrogens is 1. The molecule has 0 bridgehead atoms. The summed E-state index contributed by atoms with van der Waals surface area (Å²) in [6.07, 6.45) is 6.63. The molecule has 0 aliphatic carbocycles. The summed E-state index contributed by atoms with van der Waals surface area (Å²) in [5.41, 5.74) is 3.71. The Labute approximate surface area is 350 Å². The molecule has 3 aliphatic heterocycles. The quantitative estimate of drug-likeness (QED) is 0.119. The molecule has 3 aliphatic rings. The number of benzene rings is 3. The van der Waals surface area contributed by atoms with Gasteiger partial charge in [-0.25, -0.2) is 9.19 Å². The first kappa shape index (κ1) is 40.4. The number of aromatic amines is 1. The molecule has 16 heteroatoms. The summed E-state index contributed by atoms with van der Waals surface area (Å²) in [7, 11) is -0.0908. The van der Waals surface area contributed by atoms with E-state index >= 15 is 0 Å². The van der Waals surface area contributed by atoms with Crippen LogP contribution >= 0.6 is 11.6 Å². The molecular weight excluding hydrogens is 792 g/mol. The minimum atomic E-state index is -1.99. The topological polar surface area (TPSA) is 163 Å². The zero-order valence-electron chi connectivity index (χ0n) is 32.8. The van der Waals surface area contributed by atoms with Gasteiger partial charge < -0.3 is 29.6 Å². The van der Waals surface area contributed by atoms with Gasteiger partial charge in [-0.05, 0) is 85.2 Å². The number of halogens is 1. The highest BCUT2D eigenvalue weighted by Crippen LogP contribution is 2.38. The summed E-state index contributed by atoms with van der Waals surface area (Å²) in [4.78, 5) is 53.0. The fraction of sp³-hybridized carbons (Fsp3) is 0.372. The molecule has 8 rings (SSSR count). The summed E-state index contributed by atoms with van der Waals surface area (Å²) in [5.74, 6) is 0.989. The number of carbonyl (C=O) groups is 2. The molecule has 3 aromatic carbocycles. The van der Waals surface area contributed by atoms with Gasteiger partial charge >= 0.3 is 0 Å². The molecule has 0 spiro atoms. The van der Waals surface area contributed by atoms with Crippen molar-refractivity contribution in [3.8, 4) is 11.5 Å². The normalized spacial score (nSPS) is 19.7. The van der Waals surface area contributed by atoms with E-state index in [1.165, 1.54) is 6.07 Å². The number of amides is 2. The van der Waals surface area contributed by atoms with Crippen molar-refractivity contribution in [1.82, 2.24) is 24.5 Å². The third kappa shape index (κ3) is 9.43. The number of fused-ring (bicyclic) bond motifs is 1. The fourth-order valence-electron chi connectivity index (χ4n) is 8.34. The predicted octanol–water partition coefficient (Wildman–Crippen LogP) is 5.51. The smallest absolute Gasteiger partial charge is 0.277 e. The average Bonchev–Trinajstić information content (AvgIpc) is 3.73. The maximum absolute atomic E-state index is 13.9. The lowest BCUT2D eigenvalue weighted by Crippen LogP contribution is -2.56. The Morgan fingerprint density at radius 2 is 1.81 bits per heavy atom. The van der Waals surface area contributed by atoms with E-state index < -0.39 is 16.9 Å². The van der Waals surface area contributed by atoms with Gasteiger partial charge in [0.2, 0.25) is 5.91 Å². The van der Waals surface area contributed by atoms with Crippen LogP contribution in [0.15, 0.2) is 90.1 Å². The van der Waals surface area contributed by atoms with E-state index in [4.69, 9.17) is 21.1 Å². The zero-order valence-corrected chi connectivity index (χ0v) is 34.4. The van der Waals surface area contributed by atoms with Crippen molar-refractivity contribution < 1.29 is 28.4 Å². The number of hydrogen-bond acceptors (Lipinski definition) is 10. The van der Waals surface area contributed by atoms with E-state index in [9.17, 15) is 18.7 Å². The van der Waals surface area contributed by atoms with Gasteiger partial charge in [-0.15, -0.1) is 0 Å². The van der Waals surface area contributed by atoms with E-state index in [1.54, 1.807) is 30.6 Å². The van der Waals surface area contributed by atoms with Crippen LogP contribution < -0.4 is 24.9 Å². The van der Waals surface area contributed by atoms with Crippen LogP contribution in [-0.2, 0) is 20.5 Å². The maximum Gasteiger partial charge on any atom is 0.277 e. The number of ether oxygens (including phenoxy) is 2. The SMILES string of the molecule is CN1C(=O)CC[C@H](CN2CCN(c3ccc(C(=O)NS(=O)c4ccc(NCC5CCOCC5)c([NH+]=O)c4)c(Oc4cnc5[nH]ccc5c4)c3)CC2)[C@H]1c1ccc(Cl)cc1. The van der Waals surface area contributed by atoms with Gasteiger partial charge in [-0.1, -0.05) is 23.7 Å². The molecule has 3 atom stereocenters. The lowest BCUT2D eigenvalue weighted by atomic mass is 9.84. The monoisotopic (exact) mass is 839 g/mol. The van der Waals surface area contributed by atoms with Gasteiger partial charge in [0.05, 0.1) is 22.7 Å². The molecule has 2 amide bonds. The van der Waals surface area contributed by atoms with Gasteiger partial charge in [-0.2, -0.15) is 0 Å². The first-order valence-corrected chi connectivity index (χ1v) is 21.5. The summed E-state index contributed by atoms with van der Waals surface area (Å²) in [5, 5.41) is 6.79. The molecule has 4 N–H and O–H groups in total. The lowest BCUT2D eigenvalue weighted by Gasteiger charge is -2.43. The van der Waals surface area contributed by atoms with Crippen LogP contribution in [0.3, 0.4) is 0 Å². The second kappa shape index (κ2) is 18.3. The maximum atomic E-state index is 13.9. The lowest BCUT2D eigenvalue weighted by molar-refractivity contribution is -0.378. The van der Waals surface area contributed by atoms with Crippen LogP contribution in [0, 0.1) is 16.7 Å². The number of rotatable bonds is 13. The summed E-state index contributed by atoms with van der Waals surface area (Å²) < 4.78 is 28.0. The minimum absolute atomic E-state index is 0.0202. The number of pyridine rings is 1. The van der Waals surface area contributed by atoms with Gasteiger partial charge in [0, 0.05) is 110 Å². The molecule has 2 aromatic heterocycles. The highest BCUT2D eigenvalue weighted by atomic mass is 35.5. The second-order valence-electron chi connectivity index (χ2n) is 15.4. The van der Waals surface area contributed by atoms with Crippen molar-refractivity contribution in [2.24, 2.45) is 11.8 Å². The molecule has 5 aromatic rings. The number of nitrogens with one attached hydrogen (secondary N) is 4. The molecule has 1 unspecified atom stereocenters. The average molecular weight is 840 g/mol. The second-order valence-corrected chi connectivity index (χ2v) is 17.1. The van der Waals surface area contributed by atoms with Crippen LogP contribution in [0.5, 0.6) is 11.5 Å². The molecule has 14 nitrogen and oxygen atoms in total. The Bertz CT molecular complexity index is 2330. The van der Waals surface area contributed by atoms with Crippen molar-refractivity contribution in [3.63, 3.8) is 0 Å². The first-order valence-electron chi connectivity index (χ1n) is 20.0. The van der Waals surface area contributed by atoms with Gasteiger partial charge in [0.15, 0.2) is 11.0 Å². The van der Waals surface area contributed by atoms with E-state index in [-0.39, 0.29) is 39.8 Å². The number of nitroso groups, excluding NO2 is 1. The fourth-order valence-corrected chi connectivity index (χ4v) is 9.28. The Balaban J connectivity index is 0.965. The van der Waals surface area contributed by atoms with E-state index in [2.05, 4.69) is 29.8 Å². The van der Waals surface area contributed by atoms with Crippen molar-refractivity contribution in [2.75, 3.05) is 69.7 Å². The van der Waals surface area contributed by atoms with Crippen molar-refractivity contribution >= 4 is 62.5 Å². The molecule has 0 saturated carbocycles. The van der Waals surface area contributed by atoms with Crippen molar-refractivity contribution in [3.05, 3.63) is 106 Å². The van der Waals surface area contributed by atoms with Gasteiger partial charge in [0.1, 0.15) is 22.8 Å². The molecule has 3 saturated heterocycles. The Kier molecular flexibility index (Phi) is 12.5. The number of carbonyl (C=O) groups excluding carboxylic acids is 2. The van der Waals surface area contributed by atoms with E-state index in [1.807, 2.05) is 65.7 Å². The molecule has 5 heterocycles. The van der Waals surface area contributed by atoms with E-state index in [0.29, 0.717) is 41.0 Å². The number of hydrogen-bond donors (Lipinski definition) is 4. The summed E-state index contributed by atoms with van der Waals surface area (Å²) in [6.45, 7) is 6.11.